The number of ether oxygens (including phenoxy) is 2. The van der Waals surface area contributed by atoms with Crippen LogP contribution in [0.1, 0.15) is 6.92 Å². The van der Waals surface area contributed by atoms with E-state index in [4.69, 9.17) is 26.1 Å². The number of fused-ring (bicyclic) bond motifs is 1. The number of benzene rings is 1. The summed E-state index contributed by atoms with van der Waals surface area (Å²) in [6.45, 7) is 5.51. The van der Waals surface area contributed by atoms with E-state index in [0.717, 1.165) is 54.6 Å². The van der Waals surface area contributed by atoms with E-state index in [2.05, 4.69) is 37.2 Å². The summed E-state index contributed by atoms with van der Waals surface area (Å²) in [5.41, 5.74) is 3.53. The first kappa shape index (κ1) is 24.9. The second kappa shape index (κ2) is 10.7. The summed E-state index contributed by atoms with van der Waals surface area (Å²) < 4.78 is 12.9. The Labute approximate surface area is 220 Å². The van der Waals surface area contributed by atoms with Crippen molar-refractivity contribution in [3.63, 3.8) is 0 Å². The van der Waals surface area contributed by atoms with E-state index in [1.807, 2.05) is 28.9 Å². The minimum atomic E-state index is -0.463. The molecule has 0 bridgehead atoms. The number of methoxy groups -OCH3 is 2. The maximum absolute atomic E-state index is 9.49. The maximum Gasteiger partial charge on any atom is 0.224 e. The number of pyridine rings is 1. The SMILES string of the molecule is COc1cc(OC)c(-c2cn3ccc(N4CCN(c5ccnc(NCC(C)O)n5)CC4)cc3n2)cc1Cl. The predicted molar refractivity (Wildman–Crippen MR) is 145 cm³/mol. The van der Waals surface area contributed by atoms with E-state index in [1.165, 1.54) is 0 Å². The minimum Gasteiger partial charge on any atom is -0.496 e. The van der Waals surface area contributed by atoms with Crippen LogP contribution in [0.2, 0.25) is 5.02 Å². The first-order valence-electron chi connectivity index (χ1n) is 12.1. The Kier molecular flexibility index (Phi) is 7.20. The zero-order valence-corrected chi connectivity index (χ0v) is 21.8. The first-order chi connectivity index (χ1) is 17.9. The van der Waals surface area contributed by atoms with Crippen molar-refractivity contribution in [2.45, 2.75) is 13.0 Å². The van der Waals surface area contributed by atoms with Crippen molar-refractivity contribution in [3.05, 3.63) is 53.9 Å². The highest BCUT2D eigenvalue weighted by Crippen LogP contribution is 2.38. The van der Waals surface area contributed by atoms with Gasteiger partial charge in [0.2, 0.25) is 5.95 Å². The average Bonchev–Trinajstić information content (AvgIpc) is 3.35. The molecule has 194 valence electrons. The molecule has 0 aliphatic carbocycles. The molecule has 1 unspecified atom stereocenters. The minimum absolute atomic E-state index is 0.410. The Hall–Kier alpha value is -3.76. The highest BCUT2D eigenvalue weighted by atomic mass is 35.5. The Balaban J connectivity index is 1.30. The molecule has 0 saturated carbocycles. The molecule has 37 heavy (non-hydrogen) atoms. The van der Waals surface area contributed by atoms with Crippen molar-refractivity contribution in [1.82, 2.24) is 19.4 Å². The number of halogens is 1. The van der Waals surface area contributed by atoms with Crippen molar-refractivity contribution >= 4 is 34.7 Å². The number of hydrogen-bond donors (Lipinski definition) is 2. The largest absolute Gasteiger partial charge is 0.496 e. The Morgan fingerprint density at radius 1 is 1.03 bits per heavy atom. The van der Waals surface area contributed by atoms with E-state index < -0.39 is 6.10 Å². The Morgan fingerprint density at radius 3 is 2.51 bits per heavy atom. The number of aromatic nitrogens is 4. The van der Waals surface area contributed by atoms with Gasteiger partial charge in [0.1, 0.15) is 23.0 Å². The number of aliphatic hydroxyl groups is 1. The lowest BCUT2D eigenvalue weighted by Crippen LogP contribution is -2.46. The second-order valence-corrected chi connectivity index (χ2v) is 9.31. The molecule has 3 aromatic heterocycles. The van der Waals surface area contributed by atoms with Gasteiger partial charge in [0, 0.05) is 74.7 Å². The quantitative estimate of drug-likeness (QED) is 0.359. The van der Waals surface area contributed by atoms with E-state index in [9.17, 15) is 5.11 Å². The number of anilines is 3. The smallest absolute Gasteiger partial charge is 0.224 e. The van der Waals surface area contributed by atoms with Crippen LogP contribution >= 0.6 is 11.6 Å². The number of nitrogens with zero attached hydrogens (tertiary/aromatic N) is 6. The Morgan fingerprint density at radius 2 is 1.78 bits per heavy atom. The summed E-state index contributed by atoms with van der Waals surface area (Å²) in [6.07, 6.45) is 5.27. The number of imidazole rings is 1. The van der Waals surface area contributed by atoms with Crippen LogP contribution in [-0.4, -0.2) is 77.5 Å². The first-order valence-corrected chi connectivity index (χ1v) is 12.5. The lowest BCUT2D eigenvalue weighted by molar-refractivity contribution is 0.208. The fourth-order valence-corrected chi connectivity index (χ4v) is 4.64. The number of hydrogen-bond acceptors (Lipinski definition) is 9. The second-order valence-electron chi connectivity index (χ2n) is 8.91. The van der Waals surface area contributed by atoms with Crippen LogP contribution in [-0.2, 0) is 0 Å². The lowest BCUT2D eigenvalue weighted by atomic mass is 10.1. The summed E-state index contributed by atoms with van der Waals surface area (Å²) in [6, 6.07) is 9.71. The van der Waals surface area contributed by atoms with Gasteiger partial charge in [0.05, 0.1) is 31.0 Å². The molecule has 11 heteroatoms. The van der Waals surface area contributed by atoms with Crippen LogP contribution in [0, 0.1) is 0 Å². The van der Waals surface area contributed by atoms with Crippen LogP contribution < -0.4 is 24.6 Å². The molecule has 1 fully saturated rings. The normalized spacial score (nSPS) is 14.6. The number of nitrogens with one attached hydrogen (secondary N) is 1. The zero-order chi connectivity index (χ0) is 25.9. The van der Waals surface area contributed by atoms with Gasteiger partial charge in [0.15, 0.2) is 0 Å². The van der Waals surface area contributed by atoms with Gasteiger partial charge in [-0.2, -0.15) is 4.98 Å². The molecule has 0 spiro atoms. The summed E-state index contributed by atoms with van der Waals surface area (Å²) in [7, 11) is 3.20. The summed E-state index contributed by atoms with van der Waals surface area (Å²) in [4.78, 5) is 18.3. The summed E-state index contributed by atoms with van der Waals surface area (Å²) >= 11 is 6.38. The van der Waals surface area contributed by atoms with Gasteiger partial charge >= 0.3 is 0 Å². The van der Waals surface area contributed by atoms with Crippen molar-refractivity contribution in [3.8, 4) is 22.8 Å². The van der Waals surface area contributed by atoms with E-state index in [-0.39, 0.29) is 0 Å². The molecule has 4 aromatic rings. The van der Waals surface area contributed by atoms with Gasteiger partial charge in [-0.15, -0.1) is 0 Å². The third kappa shape index (κ3) is 5.35. The molecular formula is C26H30ClN7O3. The molecular weight excluding hydrogens is 494 g/mol. The van der Waals surface area contributed by atoms with Gasteiger partial charge in [-0.25, -0.2) is 9.97 Å². The Bertz CT molecular complexity index is 1390. The molecule has 2 N–H and O–H groups in total. The highest BCUT2D eigenvalue weighted by molar-refractivity contribution is 6.32. The van der Waals surface area contributed by atoms with E-state index in [0.29, 0.717) is 29.0 Å². The van der Waals surface area contributed by atoms with Crippen LogP contribution in [0.4, 0.5) is 17.5 Å². The average molecular weight is 524 g/mol. The van der Waals surface area contributed by atoms with Gasteiger partial charge in [-0.1, -0.05) is 11.6 Å². The number of aliphatic hydroxyl groups excluding tert-OH is 1. The zero-order valence-electron chi connectivity index (χ0n) is 21.1. The van der Waals surface area contributed by atoms with Crippen molar-refractivity contribution in [2.24, 2.45) is 0 Å². The van der Waals surface area contributed by atoms with E-state index >= 15 is 0 Å². The molecule has 1 aliphatic heterocycles. The fourth-order valence-electron chi connectivity index (χ4n) is 4.40. The van der Waals surface area contributed by atoms with Crippen LogP contribution in [0.25, 0.3) is 16.9 Å². The standard InChI is InChI=1S/C26H30ClN7O3/c1-17(35)15-29-26-28-6-4-24(31-26)33-10-8-32(9-11-33)18-5-7-34-16-21(30-25(34)12-18)19-13-20(27)23(37-3)14-22(19)36-2/h4-7,12-14,16-17,35H,8-11,15H2,1-3H3,(H,28,29,31). The number of rotatable bonds is 8. The molecule has 1 atom stereocenters. The van der Waals surface area contributed by atoms with E-state index in [1.54, 1.807) is 33.4 Å². The lowest BCUT2D eigenvalue weighted by Gasteiger charge is -2.36. The van der Waals surface area contributed by atoms with Gasteiger partial charge < -0.3 is 34.1 Å². The van der Waals surface area contributed by atoms with Crippen molar-refractivity contribution in [1.29, 1.82) is 0 Å². The molecule has 5 rings (SSSR count). The molecule has 0 amide bonds. The van der Waals surface area contributed by atoms with Crippen LogP contribution in [0.15, 0.2) is 48.9 Å². The van der Waals surface area contributed by atoms with Crippen molar-refractivity contribution in [2.75, 3.05) is 62.1 Å². The highest BCUT2D eigenvalue weighted by Gasteiger charge is 2.20. The molecule has 1 saturated heterocycles. The van der Waals surface area contributed by atoms with Crippen LogP contribution in [0.5, 0.6) is 11.5 Å². The topological polar surface area (TPSA) is 100 Å². The maximum atomic E-state index is 9.49. The molecule has 4 heterocycles. The monoisotopic (exact) mass is 523 g/mol. The fraction of sp³-hybridized carbons (Fsp3) is 0.346. The third-order valence-electron chi connectivity index (χ3n) is 6.36. The van der Waals surface area contributed by atoms with Gasteiger partial charge in [0.25, 0.3) is 0 Å². The summed E-state index contributed by atoms with van der Waals surface area (Å²) in [5.74, 6) is 2.61. The predicted octanol–water partition coefficient (Wildman–Crippen LogP) is 3.58. The molecule has 0 radical (unpaired) electrons. The molecule has 1 aliphatic rings. The molecule has 1 aromatic carbocycles. The van der Waals surface area contributed by atoms with Crippen LogP contribution in [0.3, 0.4) is 0 Å². The van der Waals surface area contributed by atoms with Crippen molar-refractivity contribution < 1.29 is 14.6 Å². The molecule has 10 nitrogen and oxygen atoms in total. The number of piperazine rings is 1. The summed E-state index contributed by atoms with van der Waals surface area (Å²) in [5, 5.41) is 13.1. The third-order valence-corrected chi connectivity index (χ3v) is 6.65. The van der Waals surface area contributed by atoms with Gasteiger partial charge in [-0.05, 0) is 25.1 Å². The van der Waals surface area contributed by atoms with Gasteiger partial charge in [-0.3, -0.25) is 0 Å².